The lowest BCUT2D eigenvalue weighted by molar-refractivity contribution is 0.818. The van der Waals surface area contributed by atoms with E-state index in [2.05, 4.69) is 24.0 Å². The SMILES string of the molecule is CC(C)c1nnc(CCCl)s1. The minimum Gasteiger partial charge on any atom is -0.144 e. The Bertz CT molecular complexity index is 222. The zero-order chi connectivity index (χ0) is 8.27. The van der Waals surface area contributed by atoms with Gasteiger partial charge in [-0.15, -0.1) is 33.1 Å². The third-order valence-electron chi connectivity index (χ3n) is 1.28. The van der Waals surface area contributed by atoms with Gasteiger partial charge in [0, 0.05) is 18.2 Å². The molecular weight excluding hydrogens is 180 g/mol. The summed E-state index contributed by atoms with van der Waals surface area (Å²) in [5.41, 5.74) is 0. The van der Waals surface area contributed by atoms with E-state index in [-0.39, 0.29) is 0 Å². The van der Waals surface area contributed by atoms with E-state index < -0.39 is 0 Å². The number of halogens is 1. The molecule has 0 radical (unpaired) electrons. The number of hydrogen-bond acceptors (Lipinski definition) is 3. The standard InChI is InChI=1S/C7H11ClN2S/c1-5(2)7-10-9-6(11-7)3-4-8/h5H,3-4H2,1-2H3. The summed E-state index contributed by atoms with van der Waals surface area (Å²) < 4.78 is 0. The first kappa shape index (κ1) is 8.94. The third-order valence-corrected chi connectivity index (χ3v) is 2.76. The summed E-state index contributed by atoms with van der Waals surface area (Å²) >= 11 is 7.22. The van der Waals surface area contributed by atoms with Crippen molar-refractivity contribution in [3.8, 4) is 0 Å². The quantitative estimate of drug-likeness (QED) is 0.685. The van der Waals surface area contributed by atoms with Crippen molar-refractivity contribution in [1.82, 2.24) is 10.2 Å². The van der Waals surface area contributed by atoms with E-state index in [4.69, 9.17) is 11.6 Å². The van der Waals surface area contributed by atoms with E-state index in [0.29, 0.717) is 11.8 Å². The monoisotopic (exact) mass is 190 g/mol. The molecule has 2 nitrogen and oxygen atoms in total. The molecule has 0 spiro atoms. The van der Waals surface area contributed by atoms with Gasteiger partial charge in [0.1, 0.15) is 10.0 Å². The average molecular weight is 191 g/mol. The van der Waals surface area contributed by atoms with Crippen LogP contribution in [0.3, 0.4) is 0 Å². The Morgan fingerprint density at radius 2 is 2.18 bits per heavy atom. The topological polar surface area (TPSA) is 25.8 Å². The molecule has 1 rings (SSSR count). The Labute approximate surface area is 75.6 Å². The summed E-state index contributed by atoms with van der Waals surface area (Å²) in [5, 5.41) is 10.2. The zero-order valence-electron chi connectivity index (χ0n) is 6.67. The first-order valence-electron chi connectivity index (χ1n) is 3.62. The van der Waals surface area contributed by atoms with E-state index in [1.54, 1.807) is 11.3 Å². The predicted molar refractivity (Wildman–Crippen MR) is 48.4 cm³/mol. The van der Waals surface area contributed by atoms with Gasteiger partial charge in [0.05, 0.1) is 0 Å². The van der Waals surface area contributed by atoms with Gasteiger partial charge < -0.3 is 0 Å². The Kier molecular flexibility index (Phi) is 3.27. The molecule has 0 saturated carbocycles. The fourth-order valence-corrected chi connectivity index (χ4v) is 1.82. The second-order valence-corrected chi connectivity index (χ2v) is 4.10. The summed E-state index contributed by atoms with van der Waals surface area (Å²) in [6.07, 6.45) is 0.839. The van der Waals surface area contributed by atoms with Crippen molar-refractivity contribution in [2.75, 3.05) is 5.88 Å². The Hall–Kier alpha value is -0.150. The van der Waals surface area contributed by atoms with Crippen LogP contribution in [0.25, 0.3) is 0 Å². The van der Waals surface area contributed by atoms with Crippen LogP contribution in [0.2, 0.25) is 0 Å². The minimum atomic E-state index is 0.483. The smallest absolute Gasteiger partial charge is 0.119 e. The molecule has 0 aliphatic rings. The molecule has 1 heterocycles. The highest BCUT2D eigenvalue weighted by Crippen LogP contribution is 2.19. The zero-order valence-corrected chi connectivity index (χ0v) is 8.24. The van der Waals surface area contributed by atoms with Crippen LogP contribution < -0.4 is 0 Å². The maximum Gasteiger partial charge on any atom is 0.119 e. The van der Waals surface area contributed by atoms with Crippen LogP contribution in [0.5, 0.6) is 0 Å². The molecule has 0 aromatic carbocycles. The maximum atomic E-state index is 5.56. The highest BCUT2D eigenvalue weighted by Gasteiger charge is 2.06. The molecule has 62 valence electrons. The largest absolute Gasteiger partial charge is 0.144 e. The van der Waals surface area contributed by atoms with Crippen molar-refractivity contribution in [3.63, 3.8) is 0 Å². The summed E-state index contributed by atoms with van der Waals surface area (Å²) in [6.45, 7) is 4.23. The summed E-state index contributed by atoms with van der Waals surface area (Å²) in [6, 6.07) is 0. The number of hydrogen-bond donors (Lipinski definition) is 0. The second kappa shape index (κ2) is 4.02. The van der Waals surface area contributed by atoms with E-state index in [1.807, 2.05) is 0 Å². The van der Waals surface area contributed by atoms with Gasteiger partial charge in [-0.2, -0.15) is 0 Å². The predicted octanol–water partition coefficient (Wildman–Crippen LogP) is 2.44. The van der Waals surface area contributed by atoms with Gasteiger partial charge in [0.15, 0.2) is 0 Å². The Balaban J connectivity index is 2.66. The molecule has 4 heteroatoms. The number of nitrogens with zero attached hydrogens (tertiary/aromatic N) is 2. The Morgan fingerprint density at radius 3 is 2.64 bits per heavy atom. The van der Waals surface area contributed by atoms with Gasteiger partial charge >= 0.3 is 0 Å². The van der Waals surface area contributed by atoms with Crippen molar-refractivity contribution in [1.29, 1.82) is 0 Å². The molecule has 11 heavy (non-hydrogen) atoms. The maximum absolute atomic E-state index is 5.56. The van der Waals surface area contributed by atoms with Gasteiger partial charge in [-0.05, 0) is 0 Å². The van der Waals surface area contributed by atoms with Gasteiger partial charge in [-0.25, -0.2) is 0 Å². The number of alkyl halides is 1. The van der Waals surface area contributed by atoms with E-state index in [1.165, 1.54) is 0 Å². The highest BCUT2D eigenvalue weighted by atomic mass is 35.5. The van der Waals surface area contributed by atoms with Crippen molar-refractivity contribution in [2.45, 2.75) is 26.2 Å². The van der Waals surface area contributed by atoms with Crippen LogP contribution in [-0.2, 0) is 6.42 Å². The van der Waals surface area contributed by atoms with Crippen LogP contribution in [0.4, 0.5) is 0 Å². The average Bonchev–Trinajstić information content (AvgIpc) is 2.37. The molecule has 0 fully saturated rings. The van der Waals surface area contributed by atoms with Gasteiger partial charge in [-0.3, -0.25) is 0 Å². The lowest BCUT2D eigenvalue weighted by Crippen LogP contribution is -1.84. The third kappa shape index (κ3) is 2.42. The summed E-state index contributed by atoms with van der Waals surface area (Å²) in [7, 11) is 0. The van der Waals surface area contributed by atoms with Crippen molar-refractivity contribution in [3.05, 3.63) is 10.0 Å². The number of rotatable bonds is 3. The van der Waals surface area contributed by atoms with E-state index in [0.717, 1.165) is 16.4 Å². The molecule has 0 amide bonds. The second-order valence-electron chi connectivity index (χ2n) is 2.63. The van der Waals surface area contributed by atoms with Crippen LogP contribution in [0.1, 0.15) is 29.8 Å². The first-order valence-corrected chi connectivity index (χ1v) is 4.97. The lowest BCUT2D eigenvalue weighted by Gasteiger charge is -1.93. The fourth-order valence-electron chi connectivity index (χ4n) is 0.682. The van der Waals surface area contributed by atoms with Crippen molar-refractivity contribution in [2.24, 2.45) is 0 Å². The van der Waals surface area contributed by atoms with Gasteiger partial charge in [0.25, 0.3) is 0 Å². The molecule has 0 N–H and O–H groups in total. The van der Waals surface area contributed by atoms with Crippen molar-refractivity contribution >= 4 is 22.9 Å². The van der Waals surface area contributed by atoms with Gasteiger partial charge in [-0.1, -0.05) is 13.8 Å². The van der Waals surface area contributed by atoms with Crippen LogP contribution in [0, 0.1) is 0 Å². The van der Waals surface area contributed by atoms with Gasteiger partial charge in [0.2, 0.25) is 0 Å². The molecule has 0 saturated heterocycles. The van der Waals surface area contributed by atoms with E-state index >= 15 is 0 Å². The summed E-state index contributed by atoms with van der Waals surface area (Å²) in [5.74, 6) is 1.11. The minimum absolute atomic E-state index is 0.483. The molecule has 0 aliphatic carbocycles. The molecule has 1 aromatic rings. The van der Waals surface area contributed by atoms with Crippen LogP contribution in [0.15, 0.2) is 0 Å². The number of aryl methyl sites for hydroxylation is 1. The van der Waals surface area contributed by atoms with Crippen molar-refractivity contribution < 1.29 is 0 Å². The number of aromatic nitrogens is 2. The normalized spacial score (nSPS) is 10.9. The van der Waals surface area contributed by atoms with E-state index in [9.17, 15) is 0 Å². The molecule has 0 unspecified atom stereocenters. The molecule has 0 bridgehead atoms. The molecule has 1 aromatic heterocycles. The molecule has 0 aliphatic heterocycles. The summed E-state index contributed by atoms with van der Waals surface area (Å²) in [4.78, 5) is 0. The Morgan fingerprint density at radius 1 is 1.45 bits per heavy atom. The van der Waals surface area contributed by atoms with Crippen LogP contribution in [-0.4, -0.2) is 16.1 Å². The fraction of sp³-hybridized carbons (Fsp3) is 0.714. The molecule has 0 atom stereocenters. The van der Waals surface area contributed by atoms with Crippen LogP contribution >= 0.6 is 22.9 Å². The first-order chi connectivity index (χ1) is 5.24. The lowest BCUT2D eigenvalue weighted by atomic mass is 10.2. The highest BCUT2D eigenvalue weighted by molar-refractivity contribution is 7.11. The molecular formula is C7H11ClN2S.